The smallest absolute Gasteiger partial charge is 0.248 e. The zero-order valence-corrected chi connectivity index (χ0v) is 7.97. The molecule has 0 aliphatic rings. The Morgan fingerprint density at radius 1 is 1.60 bits per heavy atom. The third-order valence-electron chi connectivity index (χ3n) is 2.17. The lowest BCUT2D eigenvalue weighted by Crippen LogP contribution is -2.10. The van der Waals surface area contributed by atoms with E-state index in [9.17, 15) is 4.79 Å². The number of carbonyl (C=O) groups excluding carboxylic acids is 1. The standard InChI is InChI=1S/C11H9N3O/c1-2-5-14-7-13-9-6-8(11(12)15)3-4-10(9)14/h1,3-4,6-7H,5H2,(H2,12,15). The Kier molecular flexibility index (Phi) is 2.14. The van der Waals surface area contributed by atoms with Gasteiger partial charge in [-0.2, -0.15) is 0 Å². The predicted octanol–water partition coefficient (Wildman–Crippen LogP) is 0.768. The van der Waals surface area contributed by atoms with Gasteiger partial charge < -0.3 is 10.3 Å². The van der Waals surface area contributed by atoms with Gasteiger partial charge in [0.2, 0.25) is 5.91 Å². The van der Waals surface area contributed by atoms with Crippen LogP contribution in [0.2, 0.25) is 0 Å². The monoisotopic (exact) mass is 199 g/mol. The van der Waals surface area contributed by atoms with Gasteiger partial charge in [-0.1, -0.05) is 5.92 Å². The van der Waals surface area contributed by atoms with Gasteiger partial charge >= 0.3 is 0 Å². The number of rotatable bonds is 2. The lowest BCUT2D eigenvalue weighted by Gasteiger charge is -1.98. The highest BCUT2D eigenvalue weighted by Gasteiger charge is 2.05. The van der Waals surface area contributed by atoms with E-state index in [2.05, 4.69) is 10.9 Å². The maximum absolute atomic E-state index is 10.9. The molecule has 0 aliphatic heterocycles. The Morgan fingerprint density at radius 3 is 3.07 bits per heavy atom. The fraction of sp³-hybridized carbons (Fsp3) is 0.0909. The number of terminal acetylenes is 1. The molecular formula is C11H9N3O. The second-order valence-corrected chi connectivity index (χ2v) is 3.14. The highest BCUT2D eigenvalue weighted by molar-refractivity contribution is 5.96. The van der Waals surface area contributed by atoms with Gasteiger partial charge in [0.25, 0.3) is 0 Å². The fourth-order valence-corrected chi connectivity index (χ4v) is 1.44. The van der Waals surface area contributed by atoms with Crippen molar-refractivity contribution < 1.29 is 4.79 Å². The summed E-state index contributed by atoms with van der Waals surface area (Å²) >= 11 is 0. The van der Waals surface area contributed by atoms with Crippen LogP contribution < -0.4 is 5.73 Å². The van der Waals surface area contributed by atoms with Crippen LogP contribution in [-0.4, -0.2) is 15.5 Å². The van der Waals surface area contributed by atoms with Gasteiger partial charge in [0, 0.05) is 5.56 Å². The molecule has 0 bridgehead atoms. The number of hydrogen-bond donors (Lipinski definition) is 1. The van der Waals surface area contributed by atoms with E-state index in [1.54, 1.807) is 24.5 Å². The third kappa shape index (κ3) is 1.55. The lowest BCUT2D eigenvalue weighted by molar-refractivity contribution is 0.100. The summed E-state index contributed by atoms with van der Waals surface area (Å²) in [6.07, 6.45) is 6.86. The van der Waals surface area contributed by atoms with Crippen molar-refractivity contribution >= 4 is 16.9 Å². The van der Waals surface area contributed by atoms with Crippen molar-refractivity contribution in [3.05, 3.63) is 30.1 Å². The normalized spacial score (nSPS) is 10.1. The van der Waals surface area contributed by atoms with Gasteiger partial charge in [-0.3, -0.25) is 4.79 Å². The molecule has 2 rings (SSSR count). The summed E-state index contributed by atoms with van der Waals surface area (Å²) in [5.41, 5.74) is 7.24. The topological polar surface area (TPSA) is 60.9 Å². The Morgan fingerprint density at radius 2 is 2.40 bits per heavy atom. The lowest BCUT2D eigenvalue weighted by atomic mass is 10.2. The number of fused-ring (bicyclic) bond motifs is 1. The number of nitrogens with zero attached hydrogens (tertiary/aromatic N) is 2. The number of imidazole rings is 1. The number of hydrogen-bond acceptors (Lipinski definition) is 2. The molecule has 0 saturated heterocycles. The summed E-state index contributed by atoms with van der Waals surface area (Å²) in [7, 11) is 0. The second kappa shape index (κ2) is 3.46. The molecule has 0 aliphatic carbocycles. The number of aromatic nitrogens is 2. The van der Waals surface area contributed by atoms with E-state index in [-0.39, 0.29) is 0 Å². The van der Waals surface area contributed by atoms with Crippen LogP contribution in [0.25, 0.3) is 11.0 Å². The maximum Gasteiger partial charge on any atom is 0.248 e. The molecule has 1 aromatic carbocycles. The van der Waals surface area contributed by atoms with Gasteiger partial charge in [0.15, 0.2) is 0 Å². The van der Waals surface area contributed by atoms with E-state index in [1.165, 1.54) is 0 Å². The van der Waals surface area contributed by atoms with Crippen molar-refractivity contribution in [2.75, 3.05) is 0 Å². The van der Waals surface area contributed by atoms with E-state index >= 15 is 0 Å². The van der Waals surface area contributed by atoms with Crippen LogP contribution in [0, 0.1) is 12.3 Å². The van der Waals surface area contributed by atoms with Crippen molar-refractivity contribution in [2.24, 2.45) is 5.73 Å². The molecule has 1 aromatic heterocycles. The van der Waals surface area contributed by atoms with Crippen LogP contribution in [0.15, 0.2) is 24.5 Å². The van der Waals surface area contributed by atoms with Crippen molar-refractivity contribution in [2.45, 2.75) is 6.54 Å². The summed E-state index contributed by atoms with van der Waals surface area (Å²) < 4.78 is 1.83. The SMILES string of the molecule is C#CCn1cnc2cc(C(N)=O)ccc21. The predicted molar refractivity (Wildman–Crippen MR) is 57.1 cm³/mol. The average molecular weight is 199 g/mol. The van der Waals surface area contributed by atoms with Gasteiger partial charge in [0.1, 0.15) is 0 Å². The number of primary amides is 1. The third-order valence-corrected chi connectivity index (χ3v) is 2.17. The quantitative estimate of drug-likeness (QED) is 0.726. The first-order valence-corrected chi connectivity index (χ1v) is 4.40. The van der Waals surface area contributed by atoms with Gasteiger partial charge in [0.05, 0.1) is 23.9 Å². The van der Waals surface area contributed by atoms with E-state index in [0.29, 0.717) is 12.1 Å². The summed E-state index contributed by atoms with van der Waals surface area (Å²) in [4.78, 5) is 15.1. The molecule has 4 nitrogen and oxygen atoms in total. The molecule has 0 unspecified atom stereocenters. The van der Waals surface area contributed by atoms with Crippen LogP contribution in [0.1, 0.15) is 10.4 Å². The van der Waals surface area contributed by atoms with Crippen LogP contribution in [0.5, 0.6) is 0 Å². The Bertz CT molecular complexity index is 563. The Labute approximate surface area is 86.7 Å². The molecule has 0 atom stereocenters. The first-order valence-electron chi connectivity index (χ1n) is 4.40. The van der Waals surface area contributed by atoms with Crippen molar-refractivity contribution in [1.29, 1.82) is 0 Å². The highest BCUT2D eigenvalue weighted by atomic mass is 16.1. The maximum atomic E-state index is 10.9. The second-order valence-electron chi connectivity index (χ2n) is 3.14. The summed E-state index contributed by atoms with van der Waals surface area (Å²) in [5.74, 6) is 2.08. The van der Waals surface area contributed by atoms with Crippen LogP contribution in [0.4, 0.5) is 0 Å². The van der Waals surface area contributed by atoms with Crippen LogP contribution >= 0.6 is 0 Å². The number of amides is 1. The minimum Gasteiger partial charge on any atom is -0.366 e. The van der Waals surface area contributed by atoms with Gasteiger partial charge in [-0.25, -0.2) is 4.98 Å². The Hall–Kier alpha value is -2.28. The van der Waals surface area contributed by atoms with E-state index < -0.39 is 5.91 Å². The minimum absolute atomic E-state index is 0.452. The number of carbonyl (C=O) groups is 1. The molecule has 1 heterocycles. The van der Waals surface area contributed by atoms with Gasteiger partial charge in [-0.15, -0.1) is 6.42 Å². The molecule has 2 N–H and O–H groups in total. The number of benzene rings is 1. The molecular weight excluding hydrogens is 190 g/mol. The van der Waals surface area contributed by atoms with Crippen molar-refractivity contribution in [1.82, 2.24) is 9.55 Å². The summed E-state index contributed by atoms with van der Waals surface area (Å²) in [6, 6.07) is 5.11. The molecule has 2 aromatic rings. The molecule has 74 valence electrons. The summed E-state index contributed by atoms with van der Waals surface area (Å²) in [6.45, 7) is 0.465. The van der Waals surface area contributed by atoms with E-state index in [0.717, 1.165) is 11.0 Å². The number of nitrogens with two attached hydrogens (primary N) is 1. The van der Waals surface area contributed by atoms with Crippen molar-refractivity contribution in [3.8, 4) is 12.3 Å². The average Bonchev–Trinajstić information content (AvgIpc) is 2.61. The van der Waals surface area contributed by atoms with Crippen LogP contribution in [0.3, 0.4) is 0 Å². The van der Waals surface area contributed by atoms with Crippen LogP contribution in [-0.2, 0) is 6.54 Å². The molecule has 0 radical (unpaired) electrons. The van der Waals surface area contributed by atoms with E-state index in [1.807, 2.05) is 4.57 Å². The van der Waals surface area contributed by atoms with Crippen molar-refractivity contribution in [3.63, 3.8) is 0 Å². The first kappa shape index (κ1) is 9.28. The first-order chi connectivity index (χ1) is 7.22. The molecule has 0 saturated carbocycles. The minimum atomic E-state index is -0.455. The van der Waals surface area contributed by atoms with E-state index in [4.69, 9.17) is 12.2 Å². The highest BCUT2D eigenvalue weighted by Crippen LogP contribution is 2.14. The Balaban J connectivity index is 2.57. The zero-order valence-electron chi connectivity index (χ0n) is 7.97. The zero-order chi connectivity index (χ0) is 10.8. The molecule has 0 spiro atoms. The molecule has 15 heavy (non-hydrogen) atoms. The molecule has 1 amide bonds. The molecule has 4 heteroatoms. The summed E-state index contributed by atoms with van der Waals surface area (Å²) in [5, 5.41) is 0. The molecule has 0 fully saturated rings. The fourth-order valence-electron chi connectivity index (χ4n) is 1.44. The van der Waals surface area contributed by atoms with Gasteiger partial charge in [-0.05, 0) is 18.2 Å². The largest absolute Gasteiger partial charge is 0.366 e.